The standard InChI is InChI=1S/C8H13F2NO3.C5H9BrO3.C5H8F2.CH2F.CH2O3.2K/c1-14-4-6(7(12)13)11-3-2-8(9,10)5-11;1-8-3-4(6)5(7)9-2;6-5(7)3-1-2-4-5;1-2;2-1-4-3;;/h6H,2-5H2,1H3,(H,12,13);4H,3H2,1-2H3;1-4H2;1H2;1,3H;;/q;;;-1;;2*+1/i/hD. The molecule has 216 valence electrons. The number of likely N-dealkylation sites (tertiary alicyclic amines) is 1. The number of aliphatic carboxylic acids is 1. The molecule has 18 heteroatoms. The van der Waals surface area contributed by atoms with Crippen molar-refractivity contribution in [3.05, 3.63) is 7.18 Å². The Bertz CT molecular complexity index is 616. The zero-order chi connectivity index (χ0) is 29.5. The maximum atomic E-state index is 12.8. The zero-order valence-corrected chi connectivity index (χ0v) is 30.1. The summed E-state index contributed by atoms with van der Waals surface area (Å²) in [5, 5.41) is 11.8. The molecule has 2 N–H and O–H groups in total. The van der Waals surface area contributed by atoms with E-state index in [2.05, 4.69) is 40.3 Å². The smallest absolute Gasteiger partial charge is 0.480 e. The van der Waals surface area contributed by atoms with Crippen LogP contribution in [-0.2, 0) is 33.5 Å². The third-order valence-corrected chi connectivity index (χ3v) is 5.03. The first-order chi connectivity index (χ1) is 17.3. The number of carbonyl (C=O) groups is 3. The normalized spacial score (nSPS) is 18.0. The van der Waals surface area contributed by atoms with E-state index in [1.807, 2.05) is 0 Å². The molecule has 0 radical (unpaired) electrons. The Kier molecular flexibility index (Phi) is 36.9. The first-order valence-electron chi connectivity index (χ1n) is 10.6. The van der Waals surface area contributed by atoms with E-state index in [9.17, 15) is 31.5 Å². The average Bonchev–Trinajstić information content (AvgIpc) is 3.43. The Balaban J connectivity index is -0.000000135. The zero-order valence-electron chi connectivity index (χ0n) is 23.2. The molecule has 1 saturated heterocycles. The molecule has 0 aromatic rings. The fourth-order valence-corrected chi connectivity index (χ4v) is 3.20. The molecule has 38 heavy (non-hydrogen) atoms. The first-order valence-corrected chi connectivity index (χ1v) is 11.1. The predicted molar refractivity (Wildman–Crippen MR) is 121 cm³/mol. The molecule has 2 atom stereocenters. The summed E-state index contributed by atoms with van der Waals surface area (Å²) in [6.07, 6.45) is 1.39. The van der Waals surface area contributed by atoms with Crippen molar-refractivity contribution in [1.29, 1.82) is 1.43 Å². The van der Waals surface area contributed by atoms with Gasteiger partial charge in [-0.3, -0.25) is 19.3 Å². The molecule has 2 rings (SSSR count). The molecule has 2 aliphatic rings. The van der Waals surface area contributed by atoms with Crippen molar-refractivity contribution in [3.63, 3.8) is 0 Å². The molecule has 1 aliphatic carbocycles. The molecule has 0 amide bonds. The van der Waals surface area contributed by atoms with Gasteiger partial charge in [0, 0.05) is 40.0 Å². The number of halogens is 6. The van der Waals surface area contributed by atoms with Gasteiger partial charge in [-0.2, -0.15) is 7.18 Å². The summed E-state index contributed by atoms with van der Waals surface area (Å²) in [5.41, 5.74) is 0. The van der Waals surface area contributed by atoms with Crippen LogP contribution in [0.25, 0.3) is 1.43 Å². The number of carboxylic acids is 1. The SMILES string of the molecule is COCC(Br)C(=O)OC.COCC(C(=O)O)N1CCC(F)(F)C1.FC1(F)CCCC1.[2H]OOC=O.[CH2-]F.[K+].[K+]. The van der Waals surface area contributed by atoms with E-state index in [0.717, 1.165) is 0 Å². The maximum Gasteiger partial charge on any atom is 1.00 e. The van der Waals surface area contributed by atoms with Crippen LogP contribution < -0.4 is 103 Å². The number of ether oxygens (including phenoxy) is 3. The summed E-state index contributed by atoms with van der Waals surface area (Å²) in [7, 11) is 5.97. The van der Waals surface area contributed by atoms with Crippen molar-refractivity contribution in [1.82, 2.24) is 4.90 Å². The van der Waals surface area contributed by atoms with Gasteiger partial charge in [0.25, 0.3) is 7.35 Å². The van der Waals surface area contributed by atoms with E-state index in [1.165, 1.54) is 26.2 Å². The third-order valence-electron chi connectivity index (χ3n) is 4.39. The Morgan fingerprint density at radius 2 is 1.55 bits per heavy atom. The third kappa shape index (κ3) is 27.8. The minimum Gasteiger partial charge on any atom is -0.480 e. The van der Waals surface area contributed by atoms with Crippen molar-refractivity contribution in [2.24, 2.45) is 0 Å². The molecule has 0 aromatic carbocycles. The molecule has 2 fully saturated rings. The van der Waals surface area contributed by atoms with E-state index < -0.39 is 30.4 Å². The van der Waals surface area contributed by atoms with Crippen LogP contribution in [0.15, 0.2) is 0 Å². The molecule has 0 spiro atoms. The van der Waals surface area contributed by atoms with Gasteiger partial charge < -0.3 is 28.6 Å². The maximum absolute atomic E-state index is 12.8. The van der Waals surface area contributed by atoms with Crippen molar-refractivity contribution in [2.75, 3.05) is 47.6 Å². The largest absolute Gasteiger partial charge is 1.00 e. The average molecular weight is 687 g/mol. The van der Waals surface area contributed by atoms with Gasteiger partial charge in [0.15, 0.2) is 0 Å². The second-order valence-electron chi connectivity index (χ2n) is 7.09. The Morgan fingerprint density at radius 3 is 1.79 bits per heavy atom. The Hall–Kier alpha value is 1.65. The van der Waals surface area contributed by atoms with Crippen LogP contribution in [0.1, 0.15) is 32.1 Å². The Morgan fingerprint density at radius 1 is 1.05 bits per heavy atom. The van der Waals surface area contributed by atoms with Crippen molar-refractivity contribution in [2.45, 2.75) is 54.8 Å². The number of esters is 1. The van der Waals surface area contributed by atoms with Gasteiger partial charge >= 0.3 is 121 Å². The number of rotatable bonds is 9. The van der Waals surface area contributed by atoms with E-state index in [0.29, 0.717) is 19.4 Å². The second kappa shape index (κ2) is 30.1. The molecule has 0 bridgehead atoms. The van der Waals surface area contributed by atoms with Crippen LogP contribution in [0.2, 0.25) is 0 Å². The number of hydrogen-bond acceptors (Lipinski definition) is 9. The van der Waals surface area contributed by atoms with Crippen LogP contribution in [0.4, 0.5) is 22.0 Å². The number of carbonyl (C=O) groups excluding carboxylic acids is 2. The van der Waals surface area contributed by atoms with Gasteiger partial charge in [-0.25, -0.2) is 22.8 Å². The van der Waals surface area contributed by atoms with Crippen LogP contribution in [0.5, 0.6) is 0 Å². The minimum absolute atomic E-state index is 0. The van der Waals surface area contributed by atoms with E-state index in [1.54, 1.807) is 7.18 Å². The quantitative estimate of drug-likeness (QED) is 0.0395. The summed E-state index contributed by atoms with van der Waals surface area (Å²) in [6, 6.07) is -0.964. The summed E-state index contributed by atoms with van der Waals surface area (Å²) >= 11 is 3.06. The van der Waals surface area contributed by atoms with Gasteiger partial charge in [-0.15, -0.1) is 0 Å². The fourth-order valence-electron chi connectivity index (χ4n) is 2.75. The van der Waals surface area contributed by atoms with Gasteiger partial charge in [-0.1, -0.05) is 15.9 Å². The van der Waals surface area contributed by atoms with Crippen molar-refractivity contribution < 1.29 is 169 Å². The molecule has 0 aromatic heterocycles. The Labute approximate surface area is 314 Å². The summed E-state index contributed by atoms with van der Waals surface area (Å²) in [6.45, 7) is -0.0915. The summed E-state index contributed by atoms with van der Waals surface area (Å²) < 4.78 is 78.1. The van der Waals surface area contributed by atoms with Crippen LogP contribution in [0.3, 0.4) is 0 Å². The first kappa shape index (κ1) is 46.6. The number of hydrogen-bond donors (Lipinski definition) is 2. The number of nitrogens with zero attached hydrogens (tertiary/aromatic N) is 1. The summed E-state index contributed by atoms with van der Waals surface area (Å²) in [4.78, 5) is 34.4. The van der Waals surface area contributed by atoms with Crippen LogP contribution >= 0.6 is 15.9 Å². The molecule has 1 heterocycles. The topological polar surface area (TPSA) is 132 Å². The molecule has 2 unspecified atom stereocenters. The molecule has 1 aliphatic heterocycles. The molecular formula is C20H34BrF5K2NO9+. The molecular weight excluding hydrogens is 651 g/mol. The fraction of sp³-hybridized carbons (Fsp3) is 0.800. The second-order valence-corrected chi connectivity index (χ2v) is 8.19. The molecule has 1 saturated carbocycles. The van der Waals surface area contributed by atoms with Gasteiger partial charge in [0.2, 0.25) is 5.92 Å². The van der Waals surface area contributed by atoms with Crippen LogP contribution in [-0.4, -0.2) is 104 Å². The molecule has 10 nitrogen and oxygen atoms in total. The van der Waals surface area contributed by atoms with Crippen molar-refractivity contribution >= 4 is 34.3 Å². The van der Waals surface area contributed by atoms with E-state index in [4.69, 9.17) is 11.3 Å². The van der Waals surface area contributed by atoms with Gasteiger partial charge in [-0.05, 0) is 12.8 Å². The van der Waals surface area contributed by atoms with Gasteiger partial charge in [0.1, 0.15) is 10.9 Å². The van der Waals surface area contributed by atoms with Crippen LogP contribution in [0, 0.1) is 7.18 Å². The van der Waals surface area contributed by atoms with E-state index in [-0.39, 0.29) is 152 Å². The number of carboxylic acid groups (broad SMARTS) is 1. The monoisotopic (exact) mass is 685 g/mol. The minimum atomic E-state index is -2.76. The summed E-state index contributed by atoms with van der Waals surface area (Å²) in [5.74, 6) is -6.50. The number of methoxy groups -OCH3 is 3. The van der Waals surface area contributed by atoms with Crippen molar-refractivity contribution in [3.8, 4) is 0 Å². The van der Waals surface area contributed by atoms with E-state index >= 15 is 0 Å². The predicted octanol–water partition coefficient (Wildman–Crippen LogP) is -2.42. The van der Waals surface area contributed by atoms with Gasteiger partial charge in [0.05, 0.1) is 26.9 Å². The number of alkyl halides is 5.